The summed E-state index contributed by atoms with van der Waals surface area (Å²) in [6.07, 6.45) is 0. The zero-order valence-electron chi connectivity index (χ0n) is 20.1. The van der Waals surface area contributed by atoms with E-state index < -0.39 is 0 Å². The van der Waals surface area contributed by atoms with Crippen LogP contribution < -0.4 is 4.74 Å². The molecule has 4 rings (SSSR count). The number of nitrogens with zero attached hydrogens (tertiary/aromatic N) is 3. The number of Topliss-reactive ketones (excluding diaryl/α,β-unsaturated/α-hetero) is 1. The van der Waals surface area contributed by atoms with Gasteiger partial charge in [0.15, 0.2) is 16.8 Å². The number of halogens is 3. The Balaban J connectivity index is 0.00000361. The minimum Gasteiger partial charge on any atom is -0.486 e. The highest BCUT2D eigenvalue weighted by Gasteiger charge is 2.19. The smallest absolute Gasteiger partial charge is 0.196 e. The van der Waals surface area contributed by atoms with E-state index in [1.54, 1.807) is 18.2 Å². The molecule has 0 aliphatic carbocycles. The largest absolute Gasteiger partial charge is 0.486 e. The second-order valence-electron chi connectivity index (χ2n) is 8.97. The quantitative estimate of drug-likeness (QED) is 0.150. The normalized spacial score (nSPS) is 11.1. The molecule has 1 aromatic heterocycles. The number of ether oxygens (including phenoxy) is 1. The van der Waals surface area contributed by atoms with Gasteiger partial charge in [-0.3, -0.25) is 9.36 Å². The maximum absolute atomic E-state index is 12.8. The zero-order chi connectivity index (χ0) is 25.0. The summed E-state index contributed by atoms with van der Waals surface area (Å²) in [5.41, 5.74) is 2.66. The van der Waals surface area contributed by atoms with Crippen molar-refractivity contribution in [3.63, 3.8) is 0 Å². The Morgan fingerprint density at radius 2 is 1.64 bits per heavy atom. The Morgan fingerprint density at radius 1 is 0.944 bits per heavy atom. The van der Waals surface area contributed by atoms with Gasteiger partial charge in [-0.2, -0.15) is 0 Å². The van der Waals surface area contributed by atoms with Gasteiger partial charge in [-0.1, -0.05) is 86.1 Å². The highest BCUT2D eigenvalue weighted by atomic mass is 79.9. The van der Waals surface area contributed by atoms with Crippen molar-refractivity contribution in [3.8, 4) is 11.4 Å². The first-order chi connectivity index (χ1) is 16.7. The molecular formula is C27H26BrCl2N3O2S. The van der Waals surface area contributed by atoms with E-state index in [9.17, 15) is 4.79 Å². The van der Waals surface area contributed by atoms with Crippen LogP contribution >= 0.6 is 51.9 Å². The molecule has 0 saturated carbocycles. The van der Waals surface area contributed by atoms with Crippen LogP contribution in [0.5, 0.6) is 5.75 Å². The summed E-state index contributed by atoms with van der Waals surface area (Å²) in [4.78, 5) is 12.8. The van der Waals surface area contributed by atoms with Crippen LogP contribution in [0.1, 0.15) is 42.5 Å². The average Bonchev–Trinajstić information content (AvgIpc) is 3.26. The molecule has 3 aromatic carbocycles. The molecule has 0 bridgehead atoms. The summed E-state index contributed by atoms with van der Waals surface area (Å²) in [5, 5.41) is 10.1. The first-order valence-corrected chi connectivity index (χ1v) is 12.8. The van der Waals surface area contributed by atoms with E-state index in [-0.39, 0.29) is 40.5 Å². The number of benzene rings is 3. The van der Waals surface area contributed by atoms with Gasteiger partial charge in [0, 0.05) is 11.3 Å². The minimum absolute atomic E-state index is 0. The maximum Gasteiger partial charge on any atom is 0.196 e. The van der Waals surface area contributed by atoms with Crippen molar-refractivity contribution in [2.75, 3.05) is 5.75 Å². The van der Waals surface area contributed by atoms with E-state index in [1.165, 1.54) is 17.3 Å². The SMILES string of the molecule is Br.CC(C)(C)c1ccc(-n2c(COc3ccccc3)nnc2SCC(=O)c2ccc(Cl)c(Cl)c2)cc1. The minimum atomic E-state index is -0.0757. The first kappa shape index (κ1) is 28.3. The molecule has 0 amide bonds. The van der Waals surface area contributed by atoms with Crippen molar-refractivity contribution >= 4 is 57.7 Å². The third-order valence-electron chi connectivity index (χ3n) is 5.38. The number of thioether (sulfide) groups is 1. The van der Waals surface area contributed by atoms with E-state index in [4.69, 9.17) is 27.9 Å². The summed E-state index contributed by atoms with van der Waals surface area (Å²) in [5.74, 6) is 1.49. The van der Waals surface area contributed by atoms with E-state index in [0.717, 1.165) is 11.4 Å². The molecule has 0 unspecified atom stereocenters. The predicted octanol–water partition coefficient (Wildman–Crippen LogP) is 8.00. The highest BCUT2D eigenvalue weighted by molar-refractivity contribution is 8.93. The molecule has 0 spiro atoms. The van der Waals surface area contributed by atoms with Gasteiger partial charge < -0.3 is 4.74 Å². The summed E-state index contributed by atoms with van der Waals surface area (Å²) >= 11 is 13.4. The molecular weight excluding hydrogens is 581 g/mol. The zero-order valence-corrected chi connectivity index (χ0v) is 24.1. The van der Waals surface area contributed by atoms with Crippen molar-refractivity contribution in [1.82, 2.24) is 14.8 Å². The Kier molecular flexibility index (Phi) is 9.64. The molecule has 0 radical (unpaired) electrons. The number of ketones is 1. The van der Waals surface area contributed by atoms with Gasteiger partial charge in [0.25, 0.3) is 0 Å². The molecule has 0 N–H and O–H groups in total. The lowest BCUT2D eigenvalue weighted by molar-refractivity contribution is 0.102. The van der Waals surface area contributed by atoms with Gasteiger partial charge in [0.05, 0.1) is 15.8 Å². The Morgan fingerprint density at radius 3 is 2.28 bits per heavy atom. The Labute approximate surface area is 236 Å². The number of para-hydroxylation sites is 1. The van der Waals surface area contributed by atoms with Gasteiger partial charge in [0.1, 0.15) is 12.4 Å². The molecule has 0 atom stereocenters. The molecule has 0 aliphatic heterocycles. The van der Waals surface area contributed by atoms with Crippen LogP contribution in [-0.2, 0) is 12.0 Å². The fraction of sp³-hybridized carbons (Fsp3) is 0.222. The second-order valence-corrected chi connectivity index (χ2v) is 10.7. The Bertz CT molecular complexity index is 1320. The van der Waals surface area contributed by atoms with Gasteiger partial charge in [-0.15, -0.1) is 27.2 Å². The lowest BCUT2D eigenvalue weighted by atomic mass is 9.87. The lowest BCUT2D eigenvalue weighted by Crippen LogP contribution is -2.12. The maximum atomic E-state index is 12.8. The van der Waals surface area contributed by atoms with Gasteiger partial charge in [-0.05, 0) is 53.4 Å². The van der Waals surface area contributed by atoms with Crippen molar-refractivity contribution in [2.24, 2.45) is 0 Å². The molecule has 0 aliphatic rings. The van der Waals surface area contributed by atoms with E-state index >= 15 is 0 Å². The third-order valence-corrected chi connectivity index (χ3v) is 7.04. The summed E-state index contributed by atoms with van der Waals surface area (Å²) in [6.45, 7) is 6.76. The van der Waals surface area contributed by atoms with E-state index in [0.29, 0.717) is 26.6 Å². The standard InChI is InChI=1S/C27H25Cl2N3O2S.BrH/c1-27(2,3)19-10-12-20(13-11-19)32-25(16-34-21-7-5-4-6-8-21)30-31-26(32)35-17-24(33)18-9-14-22(28)23(29)15-18;/h4-15H,16-17H2,1-3H3;1H. The number of rotatable bonds is 8. The van der Waals surface area contributed by atoms with Crippen molar-refractivity contribution < 1.29 is 9.53 Å². The summed E-state index contributed by atoms with van der Waals surface area (Å²) in [6, 6.07) is 22.7. The van der Waals surface area contributed by atoms with Crippen molar-refractivity contribution in [1.29, 1.82) is 0 Å². The van der Waals surface area contributed by atoms with Gasteiger partial charge in [-0.25, -0.2) is 0 Å². The number of carbonyl (C=O) groups excluding carboxylic acids is 1. The second kappa shape index (κ2) is 12.3. The van der Waals surface area contributed by atoms with Crippen LogP contribution in [0.15, 0.2) is 78.0 Å². The molecule has 1 heterocycles. The van der Waals surface area contributed by atoms with Crippen LogP contribution in [0.25, 0.3) is 5.69 Å². The molecule has 9 heteroatoms. The third kappa shape index (κ3) is 6.91. The molecule has 36 heavy (non-hydrogen) atoms. The number of aromatic nitrogens is 3. The van der Waals surface area contributed by atoms with Crippen LogP contribution in [0.3, 0.4) is 0 Å². The van der Waals surface area contributed by atoms with Crippen LogP contribution in [-0.4, -0.2) is 26.3 Å². The number of hydrogen-bond acceptors (Lipinski definition) is 5. The number of hydrogen-bond donors (Lipinski definition) is 0. The molecule has 0 fully saturated rings. The topological polar surface area (TPSA) is 57.0 Å². The molecule has 4 aromatic rings. The van der Waals surface area contributed by atoms with E-state index in [2.05, 4.69) is 43.1 Å². The van der Waals surface area contributed by atoms with Crippen LogP contribution in [0.4, 0.5) is 0 Å². The number of carbonyl (C=O) groups is 1. The van der Waals surface area contributed by atoms with Crippen LogP contribution in [0, 0.1) is 0 Å². The van der Waals surface area contributed by atoms with Crippen molar-refractivity contribution in [3.05, 3.63) is 99.8 Å². The van der Waals surface area contributed by atoms with E-state index in [1.807, 2.05) is 47.0 Å². The van der Waals surface area contributed by atoms with Crippen molar-refractivity contribution in [2.45, 2.75) is 37.9 Å². The first-order valence-electron chi connectivity index (χ1n) is 11.1. The molecule has 0 saturated heterocycles. The summed E-state index contributed by atoms with van der Waals surface area (Å²) in [7, 11) is 0. The fourth-order valence-electron chi connectivity index (χ4n) is 3.40. The van der Waals surface area contributed by atoms with Crippen LogP contribution in [0.2, 0.25) is 10.0 Å². The van der Waals surface area contributed by atoms with Gasteiger partial charge in [0.2, 0.25) is 0 Å². The molecule has 188 valence electrons. The predicted molar refractivity (Wildman–Crippen MR) is 153 cm³/mol. The monoisotopic (exact) mass is 605 g/mol. The molecule has 5 nitrogen and oxygen atoms in total. The average molecular weight is 607 g/mol. The lowest BCUT2D eigenvalue weighted by Gasteiger charge is -2.19. The Hall–Kier alpha value is -2.32. The van der Waals surface area contributed by atoms with Gasteiger partial charge >= 0.3 is 0 Å². The highest BCUT2D eigenvalue weighted by Crippen LogP contribution is 2.28. The fourth-order valence-corrected chi connectivity index (χ4v) is 4.57. The summed E-state index contributed by atoms with van der Waals surface area (Å²) < 4.78 is 7.87.